The van der Waals surface area contributed by atoms with Crippen LogP contribution in [0.3, 0.4) is 0 Å². The summed E-state index contributed by atoms with van der Waals surface area (Å²) in [4.78, 5) is 12.6. The van der Waals surface area contributed by atoms with E-state index in [9.17, 15) is 4.79 Å². The summed E-state index contributed by atoms with van der Waals surface area (Å²) >= 11 is 0. The van der Waals surface area contributed by atoms with Crippen LogP contribution in [0.1, 0.15) is 25.7 Å². The number of nitrogens with zero attached hydrogens (tertiary/aromatic N) is 1. The Morgan fingerprint density at radius 2 is 2.43 bits per heavy atom. The van der Waals surface area contributed by atoms with E-state index in [1.54, 1.807) is 7.11 Å². The summed E-state index contributed by atoms with van der Waals surface area (Å²) in [5.41, 5.74) is 0.535. The molecule has 0 aromatic rings. The van der Waals surface area contributed by atoms with Crippen molar-refractivity contribution in [1.82, 2.24) is 4.90 Å². The molecule has 1 saturated carbocycles. The molecular formula is C11H19NO2. The molecule has 1 saturated heterocycles. The van der Waals surface area contributed by atoms with E-state index < -0.39 is 0 Å². The highest BCUT2D eigenvalue weighted by Crippen LogP contribution is 2.60. The number of amides is 1. The molecule has 0 spiro atoms. The van der Waals surface area contributed by atoms with Gasteiger partial charge in [-0.15, -0.1) is 0 Å². The Morgan fingerprint density at radius 3 is 3.14 bits per heavy atom. The minimum Gasteiger partial charge on any atom is -0.385 e. The first-order chi connectivity index (χ1) is 6.80. The number of carbonyl (C=O) groups is 1. The van der Waals surface area contributed by atoms with E-state index in [2.05, 4.69) is 0 Å². The second-order valence-electron chi connectivity index (χ2n) is 4.69. The molecule has 1 aliphatic heterocycles. The summed E-state index contributed by atoms with van der Waals surface area (Å²) < 4.78 is 5.15. The molecule has 1 heterocycles. The zero-order chi connectivity index (χ0) is 10.0. The van der Waals surface area contributed by atoms with Crippen LogP contribution in [0.15, 0.2) is 0 Å². The van der Waals surface area contributed by atoms with Crippen molar-refractivity contribution < 1.29 is 9.53 Å². The summed E-state index contributed by atoms with van der Waals surface area (Å²) in [5, 5.41) is 0. The van der Waals surface area contributed by atoms with Crippen LogP contribution in [0.25, 0.3) is 0 Å². The third kappa shape index (κ3) is 1.78. The van der Waals surface area contributed by atoms with Crippen LogP contribution in [0.2, 0.25) is 0 Å². The fourth-order valence-corrected chi connectivity index (χ4v) is 2.79. The van der Waals surface area contributed by atoms with E-state index in [1.807, 2.05) is 4.90 Å². The average Bonchev–Trinajstić information content (AvgIpc) is 2.89. The van der Waals surface area contributed by atoms with Crippen LogP contribution in [-0.2, 0) is 9.53 Å². The van der Waals surface area contributed by atoms with Gasteiger partial charge in [-0.05, 0) is 37.0 Å². The van der Waals surface area contributed by atoms with Crippen molar-refractivity contribution in [1.29, 1.82) is 0 Å². The number of carbonyl (C=O) groups excluding carboxylic acids is 1. The monoisotopic (exact) mass is 197 g/mol. The van der Waals surface area contributed by atoms with Gasteiger partial charge in [-0.1, -0.05) is 0 Å². The van der Waals surface area contributed by atoms with Crippen molar-refractivity contribution >= 4 is 6.41 Å². The van der Waals surface area contributed by atoms with Crippen molar-refractivity contribution in [2.24, 2.45) is 11.3 Å². The fourth-order valence-electron chi connectivity index (χ4n) is 2.79. The first-order valence-electron chi connectivity index (χ1n) is 5.49. The molecule has 0 aromatic heterocycles. The predicted molar refractivity (Wildman–Crippen MR) is 53.9 cm³/mol. The van der Waals surface area contributed by atoms with Gasteiger partial charge in [-0.2, -0.15) is 0 Å². The van der Waals surface area contributed by atoms with Crippen molar-refractivity contribution in [3.8, 4) is 0 Å². The maximum atomic E-state index is 10.7. The number of methoxy groups -OCH3 is 1. The predicted octanol–water partition coefficient (Wildman–Crippen LogP) is 1.28. The fraction of sp³-hybridized carbons (Fsp3) is 0.909. The number of hydrogen-bond acceptors (Lipinski definition) is 2. The minimum atomic E-state index is 0.535. The van der Waals surface area contributed by atoms with E-state index in [4.69, 9.17) is 4.74 Å². The lowest BCUT2D eigenvalue weighted by Gasteiger charge is -2.17. The van der Waals surface area contributed by atoms with Crippen LogP contribution < -0.4 is 0 Å². The van der Waals surface area contributed by atoms with Gasteiger partial charge in [0.25, 0.3) is 0 Å². The molecule has 2 rings (SSSR count). The molecule has 3 nitrogen and oxygen atoms in total. The minimum absolute atomic E-state index is 0.535. The molecule has 2 unspecified atom stereocenters. The van der Waals surface area contributed by atoms with Gasteiger partial charge >= 0.3 is 0 Å². The molecule has 0 aromatic carbocycles. The second kappa shape index (κ2) is 3.89. The number of ether oxygens (including phenoxy) is 1. The molecular weight excluding hydrogens is 178 g/mol. The molecule has 1 aliphatic carbocycles. The Labute approximate surface area is 85.4 Å². The van der Waals surface area contributed by atoms with Gasteiger partial charge in [0.05, 0.1) is 0 Å². The molecule has 0 radical (unpaired) electrons. The molecule has 80 valence electrons. The van der Waals surface area contributed by atoms with Gasteiger partial charge in [-0.3, -0.25) is 4.79 Å². The Hall–Kier alpha value is -0.570. The van der Waals surface area contributed by atoms with Crippen LogP contribution in [-0.4, -0.2) is 38.1 Å². The van der Waals surface area contributed by atoms with Crippen LogP contribution >= 0.6 is 0 Å². The lowest BCUT2D eigenvalue weighted by Crippen LogP contribution is -2.24. The van der Waals surface area contributed by atoms with E-state index in [0.717, 1.165) is 32.0 Å². The summed E-state index contributed by atoms with van der Waals surface area (Å²) in [6, 6.07) is 0. The van der Waals surface area contributed by atoms with Crippen LogP contribution in [0.5, 0.6) is 0 Å². The standard InChI is InChI=1S/C11H19NO2/c1-14-7-4-11-3-6-12(9-13)5-2-10(11)8-11/h9-10H,2-8H2,1H3. The quantitative estimate of drug-likeness (QED) is 0.635. The maximum Gasteiger partial charge on any atom is 0.209 e. The van der Waals surface area contributed by atoms with Gasteiger partial charge in [0.2, 0.25) is 6.41 Å². The van der Waals surface area contributed by atoms with E-state index in [1.165, 1.54) is 25.7 Å². The third-order valence-corrected chi connectivity index (χ3v) is 3.97. The topological polar surface area (TPSA) is 29.5 Å². The van der Waals surface area contributed by atoms with Crippen molar-refractivity contribution in [3.63, 3.8) is 0 Å². The molecule has 0 bridgehead atoms. The van der Waals surface area contributed by atoms with Gasteiger partial charge in [-0.25, -0.2) is 0 Å². The largest absolute Gasteiger partial charge is 0.385 e. The van der Waals surface area contributed by atoms with Crippen molar-refractivity contribution in [3.05, 3.63) is 0 Å². The molecule has 2 atom stereocenters. The normalized spacial score (nSPS) is 36.1. The first-order valence-corrected chi connectivity index (χ1v) is 5.49. The summed E-state index contributed by atoms with van der Waals surface area (Å²) in [6.45, 7) is 2.78. The zero-order valence-corrected chi connectivity index (χ0v) is 8.87. The number of fused-ring (bicyclic) bond motifs is 1. The number of rotatable bonds is 4. The highest BCUT2D eigenvalue weighted by Gasteiger charge is 2.53. The SMILES string of the molecule is COCCC12CCN(C=O)CCC1C2. The number of hydrogen-bond donors (Lipinski definition) is 0. The highest BCUT2D eigenvalue weighted by molar-refractivity contribution is 5.47. The van der Waals surface area contributed by atoms with E-state index in [0.29, 0.717) is 5.41 Å². The molecule has 1 amide bonds. The zero-order valence-electron chi connectivity index (χ0n) is 8.87. The lowest BCUT2D eigenvalue weighted by atomic mass is 9.95. The van der Waals surface area contributed by atoms with Crippen LogP contribution in [0, 0.1) is 11.3 Å². The van der Waals surface area contributed by atoms with Gasteiger partial charge in [0, 0.05) is 26.8 Å². The average molecular weight is 197 g/mol. The second-order valence-corrected chi connectivity index (χ2v) is 4.69. The summed E-state index contributed by atoms with van der Waals surface area (Å²) in [6.07, 6.45) is 5.92. The van der Waals surface area contributed by atoms with Gasteiger partial charge < -0.3 is 9.64 Å². The molecule has 14 heavy (non-hydrogen) atoms. The van der Waals surface area contributed by atoms with Gasteiger partial charge in [0.15, 0.2) is 0 Å². The third-order valence-electron chi connectivity index (χ3n) is 3.97. The van der Waals surface area contributed by atoms with E-state index >= 15 is 0 Å². The van der Waals surface area contributed by atoms with Crippen LogP contribution in [0.4, 0.5) is 0 Å². The summed E-state index contributed by atoms with van der Waals surface area (Å²) in [5.74, 6) is 0.864. The highest BCUT2D eigenvalue weighted by atomic mass is 16.5. The molecule has 2 aliphatic rings. The summed E-state index contributed by atoms with van der Waals surface area (Å²) in [7, 11) is 1.77. The Kier molecular flexibility index (Phi) is 2.77. The van der Waals surface area contributed by atoms with Crippen molar-refractivity contribution in [2.75, 3.05) is 26.8 Å². The van der Waals surface area contributed by atoms with E-state index in [-0.39, 0.29) is 0 Å². The Bertz CT molecular complexity index is 219. The van der Waals surface area contributed by atoms with Gasteiger partial charge in [0.1, 0.15) is 0 Å². The molecule has 0 N–H and O–H groups in total. The molecule has 2 fully saturated rings. The lowest BCUT2D eigenvalue weighted by molar-refractivity contribution is -0.118. The Morgan fingerprint density at radius 1 is 1.57 bits per heavy atom. The smallest absolute Gasteiger partial charge is 0.209 e. The first kappa shape index (κ1) is 9.97. The number of likely N-dealkylation sites (tertiary alicyclic amines) is 1. The maximum absolute atomic E-state index is 10.7. The van der Waals surface area contributed by atoms with Crippen molar-refractivity contribution in [2.45, 2.75) is 25.7 Å². The molecule has 3 heteroatoms. The Balaban J connectivity index is 1.87.